The fourth-order valence-corrected chi connectivity index (χ4v) is 3.02. The number of aromatic nitrogens is 1. The molecule has 1 aromatic rings. The third-order valence-electron chi connectivity index (χ3n) is 4.17. The van der Waals surface area contributed by atoms with E-state index in [4.69, 9.17) is 0 Å². The average Bonchev–Trinajstić information content (AvgIpc) is 2.98. The van der Waals surface area contributed by atoms with Crippen molar-refractivity contribution in [2.24, 2.45) is 0 Å². The molecule has 126 valence electrons. The molecule has 1 aliphatic rings. The van der Waals surface area contributed by atoms with Crippen LogP contribution < -0.4 is 10.6 Å². The second-order valence-corrected chi connectivity index (χ2v) is 6.49. The summed E-state index contributed by atoms with van der Waals surface area (Å²) in [6.45, 7) is 3.91. The van der Waals surface area contributed by atoms with E-state index in [2.05, 4.69) is 15.6 Å². The van der Waals surface area contributed by atoms with Gasteiger partial charge in [-0.1, -0.05) is 18.9 Å². The summed E-state index contributed by atoms with van der Waals surface area (Å²) >= 11 is 0. The van der Waals surface area contributed by atoms with Gasteiger partial charge < -0.3 is 10.6 Å². The van der Waals surface area contributed by atoms with Gasteiger partial charge in [0.1, 0.15) is 0 Å². The monoisotopic (exact) mass is 317 g/mol. The Morgan fingerprint density at radius 2 is 1.91 bits per heavy atom. The van der Waals surface area contributed by atoms with Crippen LogP contribution in [0.4, 0.5) is 0 Å². The molecular weight excluding hydrogens is 290 g/mol. The highest BCUT2D eigenvalue weighted by Gasteiger charge is 2.17. The predicted molar refractivity (Wildman–Crippen MR) is 89.9 cm³/mol. The van der Waals surface area contributed by atoms with Gasteiger partial charge in [0.15, 0.2) is 0 Å². The molecule has 1 fully saturated rings. The molecule has 0 aliphatic heterocycles. The Morgan fingerprint density at radius 1 is 1.22 bits per heavy atom. The quantitative estimate of drug-likeness (QED) is 0.810. The summed E-state index contributed by atoms with van der Waals surface area (Å²) < 4.78 is 0. The first-order valence-electron chi connectivity index (χ1n) is 8.54. The summed E-state index contributed by atoms with van der Waals surface area (Å²) in [5, 5.41) is 5.94. The molecule has 5 heteroatoms. The van der Waals surface area contributed by atoms with Gasteiger partial charge in [-0.05, 0) is 38.8 Å². The molecule has 0 radical (unpaired) electrons. The van der Waals surface area contributed by atoms with Gasteiger partial charge in [0.25, 0.3) is 0 Å². The summed E-state index contributed by atoms with van der Waals surface area (Å²) in [4.78, 5) is 28.2. The Labute approximate surface area is 138 Å². The Balaban J connectivity index is 1.66. The maximum atomic E-state index is 11.9. The largest absolute Gasteiger partial charge is 0.353 e. The van der Waals surface area contributed by atoms with Crippen LogP contribution in [0.25, 0.3) is 0 Å². The average molecular weight is 317 g/mol. The minimum absolute atomic E-state index is 0.00898. The molecule has 2 rings (SSSR count). The van der Waals surface area contributed by atoms with E-state index in [9.17, 15) is 9.59 Å². The number of pyridine rings is 1. The molecule has 1 saturated carbocycles. The number of aryl methyl sites for hydroxylation is 1. The van der Waals surface area contributed by atoms with Gasteiger partial charge in [0.2, 0.25) is 11.8 Å². The molecule has 5 nitrogen and oxygen atoms in total. The normalized spacial score (nSPS) is 16.1. The third-order valence-corrected chi connectivity index (χ3v) is 4.17. The van der Waals surface area contributed by atoms with Crippen LogP contribution in [0.15, 0.2) is 18.2 Å². The van der Waals surface area contributed by atoms with Crippen molar-refractivity contribution in [2.75, 3.05) is 0 Å². The van der Waals surface area contributed by atoms with Crippen LogP contribution in [0.2, 0.25) is 0 Å². The first kappa shape index (κ1) is 17.4. The fourth-order valence-electron chi connectivity index (χ4n) is 3.02. The third kappa shape index (κ3) is 6.38. The van der Waals surface area contributed by atoms with E-state index in [1.54, 1.807) is 0 Å². The molecule has 2 N–H and O–H groups in total. The van der Waals surface area contributed by atoms with Crippen LogP contribution in [0.1, 0.15) is 56.8 Å². The lowest BCUT2D eigenvalue weighted by molar-refractivity contribution is -0.127. The number of hydrogen-bond donors (Lipinski definition) is 2. The van der Waals surface area contributed by atoms with Crippen molar-refractivity contribution in [1.29, 1.82) is 0 Å². The van der Waals surface area contributed by atoms with Crippen LogP contribution in [0.3, 0.4) is 0 Å². The Bertz CT molecular complexity index is 539. The molecule has 1 aromatic heterocycles. The predicted octanol–water partition coefficient (Wildman–Crippen LogP) is 2.28. The summed E-state index contributed by atoms with van der Waals surface area (Å²) in [6.07, 6.45) is 5.71. The number of amides is 2. The summed E-state index contributed by atoms with van der Waals surface area (Å²) in [5.74, 6) is -0.0909. The van der Waals surface area contributed by atoms with E-state index >= 15 is 0 Å². The van der Waals surface area contributed by atoms with Gasteiger partial charge >= 0.3 is 0 Å². The number of rotatable bonds is 7. The maximum Gasteiger partial charge on any atom is 0.220 e. The smallest absolute Gasteiger partial charge is 0.220 e. The first-order chi connectivity index (χ1) is 11.0. The second-order valence-electron chi connectivity index (χ2n) is 6.49. The summed E-state index contributed by atoms with van der Waals surface area (Å²) in [5.41, 5.74) is 1.95. The van der Waals surface area contributed by atoms with Crippen molar-refractivity contribution in [3.8, 4) is 0 Å². The van der Waals surface area contributed by atoms with Crippen molar-refractivity contribution in [2.45, 2.75) is 70.9 Å². The number of hydrogen-bond acceptors (Lipinski definition) is 3. The summed E-state index contributed by atoms with van der Waals surface area (Å²) in [6, 6.07) is 6.21. The van der Waals surface area contributed by atoms with E-state index < -0.39 is 0 Å². The van der Waals surface area contributed by atoms with Crippen molar-refractivity contribution in [1.82, 2.24) is 15.6 Å². The van der Waals surface area contributed by atoms with Crippen LogP contribution in [0, 0.1) is 6.92 Å². The molecule has 0 aromatic carbocycles. The lowest BCUT2D eigenvalue weighted by Gasteiger charge is -2.15. The first-order valence-corrected chi connectivity index (χ1v) is 8.54. The fraction of sp³-hybridized carbons (Fsp3) is 0.611. The lowest BCUT2D eigenvalue weighted by atomic mass is 10.1. The molecule has 1 unspecified atom stereocenters. The van der Waals surface area contributed by atoms with Crippen molar-refractivity contribution < 1.29 is 9.59 Å². The molecule has 0 saturated heterocycles. The Morgan fingerprint density at radius 3 is 2.61 bits per heavy atom. The van der Waals surface area contributed by atoms with Crippen LogP contribution >= 0.6 is 0 Å². The van der Waals surface area contributed by atoms with E-state index in [0.717, 1.165) is 24.2 Å². The standard InChI is InChI=1S/C18H27N3O2/c1-13-6-5-9-16(19-13)12-14(2)20-17(22)10-11-18(23)21-15-7-3-4-8-15/h5-6,9,14-15H,3-4,7-8,10-12H2,1-2H3,(H,20,22)(H,21,23). The van der Waals surface area contributed by atoms with E-state index in [1.165, 1.54) is 12.8 Å². The number of nitrogens with zero attached hydrogens (tertiary/aromatic N) is 1. The maximum absolute atomic E-state index is 11.9. The zero-order valence-electron chi connectivity index (χ0n) is 14.1. The second kappa shape index (κ2) is 8.65. The number of nitrogens with one attached hydrogen (secondary N) is 2. The number of carbonyl (C=O) groups is 2. The lowest BCUT2D eigenvalue weighted by Crippen LogP contribution is -2.36. The molecule has 1 heterocycles. The highest BCUT2D eigenvalue weighted by atomic mass is 16.2. The van der Waals surface area contributed by atoms with Gasteiger partial charge in [-0.25, -0.2) is 0 Å². The molecular formula is C18H27N3O2. The van der Waals surface area contributed by atoms with Gasteiger partial charge in [-0.2, -0.15) is 0 Å². The van der Waals surface area contributed by atoms with E-state index in [1.807, 2.05) is 32.0 Å². The van der Waals surface area contributed by atoms with Crippen LogP contribution in [0.5, 0.6) is 0 Å². The van der Waals surface area contributed by atoms with Gasteiger partial charge in [0.05, 0.1) is 0 Å². The summed E-state index contributed by atoms with van der Waals surface area (Å²) in [7, 11) is 0. The zero-order chi connectivity index (χ0) is 16.7. The topological polar surface area (TPSA) is 71.1 Å². The van der Waals surface area contributed by atoms with Crippen molar-refractivity contribution in [3.05, 3.63) is 29.6 Å². The van der Waals surface area contributed by atoms with Gasteiger partial charge in [0, 0.05) is 42.7 Å². The molecule has 1 atom stereocenters. The zero-order valence-corrected chi connectivity index (χ0v) is 14.1. The molecule has 23 heavy (non-hydrogen) atoms. The minimum atomic E-state index is -0.0771. The van der Waals surface area contributed by atoms with Crippen molar-refractivity contribution >= 4 is 11.8 Å². The SMILES string of the molecule is Cc1cccc(CC(C)NC(=O)CCC(=O)NC2CCCC2)n1. The van der Waals surface area contributed by atoms with Gasteiger partial charge in [-0.15, -0.1) is 0 Å². The van der Waals surface area contributed by atoms with Crippen LogP contribution in [-0.4, -0.2) is 28.9 Å². The molecule has 2 amide bonds. The van der Waals surface area contributed by atoms with Gasteiger partial charge in [-0.3, -0.25) is 14.6 Å². The van der Waals surface area contributed by atoms with Crippen LogP contribution in [-0.2, 0) is 16.0 Å². The molecule has 1 aliphatic carbocycles. The molecule has 0 bridgehead atoms. The van der Waals surface area contributed by atoms with Crippen molar-refractivity contribution in [3.63, 3.8) is 0 Å². The Kier molecular flexibility index (Phi) is 6.56. The van der Waals surface area contributed by atoms with E-state index in [0.29, 0.717) is 12.5 Å². The highest BCUT2D eigenvalue weighted by Crippen LogP contribution is 2.17. The molecule has 0 spiro atoms. The van der Waals surface area contributed by atoms with E-state index in [-0.39, 0.29) is 30.7 Å². The Hall–Kier alpha value is -1.91. The minimum Gasteiger partial charge on any atom is -0.353 e. The highest BCUT2D eigenvalue weighted by molar-refractivity contribution is 5.83. The number of carbonyl (C=O) groups excluding carboxylic acids is 2.